The second-order valence-electron chi connectivity index (χ2n) is 4.11. The third-order valence-corrected chi connectivity index (χ3v) is 3.42. The molecule has 0 aliphatic carbocycles. The Morgan fingerprint density at radius 3 is 2.80 bits per heavy atom. The van der Waals surface area contributed by atoms with Gasteiger partial charge < -0.3 is 9.52 Å². The molecule has 0 atom stereocenters. The summed E-state index contributed by atoms with van der Waals surface area (Å²) in [5.74, 6) is -1.22. The Morgan fingerprint density at radius 1 is 1.30 bits per heavy atom. The lowest BCUT2D eigenvalue weighted by Gasteiger charge is -1.97. The van der Waals surface area contributed by atoms with E-state index in [0.29, 0.717) is 11.1 Å². The number of fused-ring (bicyclic) bond motifs is 1. The van der Waals surface area contributed by atoms with Gasteiger partial charge in [-0.15, -0.1) is 0 Å². The number of halogens is 2. The Kier molecular flexibility index (Phi) is 3.02. The average molecular weight is 336 g/mol. The van der Waals surface area contributed by atoms with Crippen LogP contribution in [0.3, 0.4) is 0 Å². The van der Waals surface area contributed by atoms with E-state index in [4.69, 9.17) is 9.52 Å². The summed E-state index contributed by atoms with van der Waals surface area (Å²) in [7, 11) is 0. The van der Waals surface area contributed by atoms with E-state index >= 15 is 0 Å². The van der Waals surface area contributed by atoms with Gasteiger partial charge in [-0.25, -0.2) is 14.2 Å². The van der Waals surface area contributed by atoms with Crippen LogP contribution in [0.5, 0.6) is 0 Å². The van der Waals surface area contributed by atoms with Gasteiger partial charge in [0.05, 0.1) is 10.0 Å². The van der Waals surface area contributed by atoms with Crippen LogP contribution in [0.15, 0.2) is 45.3 Å². The van der Waals surface area contributed by atoms with Crippen molar-refractivity contribution >= 4 is 33.0 Å². The minimum Gasteiger partial charge on any atom is -0.478 e. The zero-order chi connectivity index (χ0) is 14.3. The molecule has 0 aliphatic heterocycles. The minimum atomic E-state index is -1.07. The molecule has 6 heteroatoms. The van der Waals surface area contributed by atoms with Crippen molar-refractivity contribution in [3.63, 3.8) is 0 Å². The number of oxazole rings is 1. The number of aromatic nitrogens is 1. The molecule has 1 N–H and O–H groups in total. The lowest BCUT2D eigenvalue weighted by atomic mass is 10.2. The quantitative estimate of drug-likeness (QED) is 0.765. The van der Waals surface area contributed by atoms with Crippen LogP contribution in [0.25, 0.3) is 22.6 Å². The SMILES string of the molecule is O=C(O)c1cccc2oc(-c3ccc(F)c(Br)c3)nc12. The molecule has 1 aromatic heterocycles. The van der Waals surface area contributed by atoms with E-state index in [9.17, 15) is 9.18 Å². The first-order valence-electron chi connectivity index (χ1n) is 5.64. The highest BCUT2D eigenvalue weighted by Crippen LogP contribution is 2.29. The van der Waals surface area contributed by atoms with Crippen LogP contribution in [-0.4, -0.2) is 16.1 Å². The van der Waals surface area contributed by atoms with E-state index in [1.165, 1.54) is 24.3 Å². The van der Waals surface area contributed by atoms with E-state index in [0.717, 1.165) is 0 Å². The van der Waals surface area contributed by atoms with Gasteiger partial charge in [0, 0.05) is 5.56 Å². The predicted molar refractivity (Wildman–Crippen MR) is 74.1 cm³/mol. The van der Waals surface area contributed by atoms with Crippen molar-refractivity contribution < 1.29 is 18.7 Å². The van der Waals surface area contributed by atoms with Gasteiger partial charge in [0.15, 0.2) is 5.58 Å². The number of rotatable bonds is 2. The van der Waals surface area contributed by atoms with Crippen LogP contribution < -0.4 is 0 Å². The summed E-state index contributed by atoms with van der Waals surface area (Å²) >= 11 is 3.09. The van der Waals surface area contributed by atoms with Gasteiger partial charge in [-0.05, 0) is 46.3 Å². The Morgan fingerprint density at radius 2 is 2.10 bits per heavy atom. The van der Waals surface area contributed by atoms with Gasteiger partial charge in [-0.3, -0.25) is 0 Å². The molecule has 2 aromatic carbocycles. The number of carboxylic acid groups (broad SMARTS) is 1. The normalized spacial score (nSPS) is 10.9. The van der Waals surface area contributed by atoms with Gasteiger partial charge in [0.2, 0.25) is 5.89 Å². The van der Waals surface area contributed by atoms with Crippen LogP contribution in [0.2, 0.25) is 0 Å². The van der Waals surface area contributed by atoms with Crippen molar-refractivity contribution in [1.29, 1.82) is 0 Å². The van der Waals surface area contributed by atoms with Crippen molar-refractivity contribution in [2.45, 2.75) is 0 Å². The maximum atomic E-state index is 13.2. The first-order valence-corrected chi connectivity index (χ1v) is 6.44. The van der Waals surface area contributed by atoms with E-state index in [2.05, 4.69) is 20.9 Å². The number of aromatic carboxylic acids is 1. The van der Waals surface area contributed by atoms with Crippen LogP contribution in [0.4, 0.5) is 4.39 Å². The van der Waals surface area contributed by atoms with Crippen molar-refractivity contribution in [3.05, 3.63) is 52.3 Å². The van der Waals surface area contributed by atoms with E-state index < -0.39 is 11.8 Å². The second-order valence-corrected chi connectivity index (χ2v) is 4.96. The van der Waals surface area contributed by atoms with Crippen LogP contribution in [-0.2, 0) is 0 Å². The molecule has 0 saturated carbocycles. The van der Waals surface area contributed by atoms with Crippen LogP contribution in [0, 0.1) is 5.82 Å². The van der Waals surface area contributed by atoms with Crippen LogP contribution in [0.1, 0.15) is 10.4 Å². The van der Waals surface area contributed by atoms with E-state index in [1.807, 2.05) is 0 Å². The Bertz CT molecular complexity index is 828. The summed E-state index contributed by atoms with van der Waals surface area (Å²) in [6.07, 6.45) is 0. The molecule has 0 aliphatic rings. The number of para-hydroxylation sites is 1. The maximum Gasteiger partial charge on any atom is 0.338 e. The standard InChI is InChI=1S/C14H7BrFNO3/c15-9-6-7(4-5-10(9)16)13-17-12-8(14(18)19)2-1-3-11(12)20-13/h1-6H,(H,18,19). The summed E-state index contributed by atoms with van der Waals surface area (Å²) in [4.78, 5) is 15.3. The summed E-state index contributed by atoms with van der Waals surface area (Å²) in [5, 5.41) is 9.10. The van der Waals surface area contributed by atoms with Gasteiger partial charge >= 0.3 is 5.97 Å². The lowest BCUT2D eigenvalue weighted by Crippen LogP contribution is -1.96. The molecular weight excluding hydrogens is 329 g/mol. The van der Waals surface area contributed by atoms with Gasteiger partial charge in [0.25, 0.3) is 0 Å². The summed E-state index contributed by atoms with van der Waals surface area (Å²) in [6.45, 7) is 0. The van der Waals surface area contributed by atoms with E-state index in [1.54, 1.807) is 12.1 Å². The Hall–Kier alpha value is -2.21. The molecule has 0 bridgehead atoms. The molecule has 0 saturated heterocycles. The first-order chi connectivity index (χ1) is 9.56. The van der Waals surface area contributed by atoms with Gasteiger partial charge in [-0.1, -0.05) is 6.07 Å². The molecule has 1 heterocycles. The van der Waals surface area contributed by atoms with Crippen molar-refractivity contribution in [2.75, 3.05) is 0 Å². The average Bonchev–Trinajstić information content (AvgIpc) is 2.85. The molecule has 0 spiro atoms. The van der Waals surface area contributed by atoms with Crippen molar-refractivity contribution in [3.8, 4) is 11.5 Å². The molecule has 3 aromatic rings. The highest BCUT2D eigenvalue weighted by atomic mass is 79.9. The third-order valence-electron chi connectivity index (χ3n) is 2.82. The zero-order valence-electron chi connectivity index (χ0n) is 9.93. The molecule has 0 unspecified atom stereocenters. The molecule has 3 rings (SSSR count). The Labute approximate surface area is 121 Å². The van der Waals surface area contributed by atoms with Gasteiger partial charge in [0.1, 0.15) is 11.3 Å². The topological polar surface area (TPSA) is 63.3 Å². The fourth-order valence-corrected chi connectivity index (χ4v) is 2.25. The fraction of sp³-hybridized carbons (Fsp3) is 0. The number of benzene rings is 2. The lowest BCUT2D eigenvalue weighted by molar-refractivity contribution is 0.0699. The number of carboxylic acids is 1. The monoisotopic (exact) mass is 335 g/mol. The highest BCUT2D eigenvalue weighted by Gasteiger charge is 2.15. The van der Waals surface area contributed by atoms with E-state index in [-0.39, 0.29) is 21.4 Å². The van der Waals surface area contributed by atoms with Gasteiger partial charge in [-0.2, -0.15) is 0 Å². The van der Waals surface area contributed by atoms with Crippen molar-refractivity contribution in [2.24, 2.45) is 0 Å². The molecule has 4 nitrogen and oxygen atoms in total. The number of hydrogen-bond donors (Lipinski definition) is 1. The smallest absolute Gasteiger partial charge is 0.338 e. The number of hydrogen-bond acceptors (Lipinski definition) is 3. The Balaban J connectivity index is 2.20. The molecular formula is C14H7BrFNO3. The predicted octanol–water partition coefficient (Wildman–Crippen LogP) is 4.09. The maximum absolute atomic E-state index is 13.2. The number of carbonyl (C=O) groups is 1. The fourth-order valence-electron chi connectivity index (χ4n) is 1.87. The molecule has 0 fully saturated rings. The second kappa shape index (κ2) is 4.72. The van der Waals surface area contributed by atoms with Crippen molar-refractivity contribution in [1.82, 2.24) is 4.98 Å². The van der Waals surface area contributed by atoms with Crippen LogP contribution >= 0.6 is 15.9 Å². The molecule has 0 amide bonds. The molecule has 20 heavy (non-hydrogen) atoms. The zero-order valence-corrected chi connectivity index (χ0v) is 11.5. The third kappa shape index (κ3) is 2.08. The summed E-state index contributed by atoms with van der Waals surface area (Å²) in [5.41, 5.74) is 1.28. The minimum absolute atomic E-state index is 0.0682. The summed E-state index contributed by atoms with van der Waals surface area (Å²) in [6, 6.07) is 9.01. The highest BCUT2D eigenvalue weighted by molar-refractivity contribution is 9.10. The molecule has 100 valence electrons. The first kappa shape index (κ1) is 12.8. The largest absolute Gasteiger partial charge is 0.478 e. The number of nitrogens with zero attached hydrogens (tertiary/aromatic N) is 1. The summed E-state index contributed by atoms with van der Waals surface area (Å²) < 4.78 is 19.0. The molecule has 0 radical (unpaired) electrons.